The van der Waals surface area contributed by atoms with Crippen LogP contribution in [0.4, 0.5) is 14.5 Å². The Bertz CT molecular complexity index is 587. The first-order chi connectivity index (χ1) is 8.45. The third kappa shape index (κ3) is 2.91. The van der Waals surface area contributed by atoms with Gasteiger partial charge in [0.25, 0.3) is 0 Å². The molecule has 0 unspecified atom stereocenters. The Labute approximate surface area is 115 Å². The topological polar surface area (TPSA) is 35.2 Å². The minimum absolute atomic E-state index is 0.0343. The van der Waals surface area contributed by atoms with Crippen molar-refractivity contribution in [3.8, 4) is 11.5 Å². The Balaban J connectivity index is 2.36. The highest BCUT2D eigenvalue weighted by molar-refractivity contribution is 9.10. The van der Waals surface area contributed by atoms with Crippen LogP contribution in [0.5, 0.6) is 11.5 Å². The minimum Gasteiger partial charge on any atom is -0.456 e. The molecule has 94 valence electrons. The van der Waals surface area contributed by atoms with Crippen LogP contribution in [-0.2, 0) is 0 Å². The Morgan fingerprint density at radius 1 is 1.11 bits per heavy atom. The molecule has 0 aliphatic carbocycles. The highest BCUT2D eigenvalue weighted by atomic mass is 79.9. The van der Waals surface area contributed by atoms with Crippen molar-refractivity contribution < 1.29 is 13.5 Å². The second-order valence-electron chi connectivity index (χ2n) is 3.52. The quantitative estimate of drug-likeness (QED) is 0.635. The maximum Gasteiger partial charge on any atom is 0.145 e. The summed E-state index contributed by atoms with van der Waals surface area (Å²) < 4.78 is 32.2. The molecule has 2 N–H and O–H groups in total. The van der Waals surface area contributed by atoms with Gasteiger partial charge in [0.2, 0.25) is 0 Å². The fourth-order valence-electron chi connectivity index (χ4n) is 1.35. The lowest BCUT2D eigenvalue weighted by atomic mass is 10.3. The molecular weight excluding hydrogens is 327 g/mol. The van der Waals surface area contributed by atoms with Gasteiger partial charge in [-0.25, -0.2) is 8.78 Å². The van der Waals surface area contributed by atoms with Crippen molar-refractivity contribution in [2.45, 2.75) is 0 Å². The zero-order valence-electron chi connectivity index (χ0n) is 8.88. The van der Waals surface area contributed by atoms with Crippen LogP contribution in [0.2, 0.25) is 5.02 Å². The van der Waals surface area contributed by atoms with Crippen LogP contribution in [0, 0.1) is 11.6 Å². The van der Waals surface area contributed by atoms with Gasteiger partial charge in [0.15, 0.2) is 0 Å². The molecule has 0 atom stereocenters. The van der Waals surface area contributed by atoms with Gasteiger partial charge < -0.3 is 10.5 Å². The van der Waals surface area contributed by atoms with Crippen LogP contribution in [-0.4, -0.2) is 0 Å². The van der Waals surface area contributed by atoms with Gasteiger partial charge in [-0.3, -0.25) is 0 Å². The number of benzene rings is 2. The summed E-state index contributed by atoms with van der Waals surface area (Å²) in [5.41, 5.74) is 5.70. The number of rotatable bonds is 2. The first-order valence-electron chi connectivity index (χ1n) is 4.84. The van der Waals surface area contributed by atoms with E-state index in [4.69, 9.17) is 22.1 Å². The van der Waals surface area contributed by atoms with Crippen molar-refractivity contribution in [3.05, 3.63) is 51.5 Å². The SMILES string of the molecule is Nc1cc(F)cc(Oc2cc(F)c(Cl)cc2Br)c1. The summed E-state index contributed by atoms with van der Waals surface area (Å²) in [6, 6.07) is 6.20. The lowest BCUT2D eigenvalue weighted by molar-refractivity contribution is 0.469. The lowest BCUT2D eigenvalue weighted by Gasteiger charge is -2.09. The Morgan fingerprint density at radius 2 is 1.83 bits per heavy atom. The largest absolute Gasteiger partial charge is 0.456 e. The standard InChI is InChI=1S/C12H7BrClF2NO/c13-9-4-10(14)11(16)5-12(9)18-8-2-6(15)1-7(17)3-8/h1-5H,17H2. The first-order valence-corrected chi connectivity index (χ1v) is 6.01. The van der Waals surface area contributed by atoms with Crippen molar-refractivity contribution in [3.63, 3.8) is 0 Å². The van der Waals surface area contributed by atoms with Crippen LogP contribution in [0.15, 0.2) is 34.8 Å². The number of nitrogens with two attached hydrogens (primary N) is 1. The van der Waals surface area contributed by atoms with Crippen molar-refractivity contribution in [2.75, 3.05) is 5.73 Å². The van der Waals surface area contributed by atoms with Gasteiger partial charge in [-0.2, -0.15) is 0 Å². The Kier molecular flexibility index (Phi) is 3.73. The molecule has 0 spiro atoms. The van der Waals surface area contributed by atoms with Crippen LogP contribution in [0.1, 0.15) is 0 Å². The molecular formula is C12H7BrClF2NO. The van der Waals surface area contributed by atoms with E-state index < -0.39 is 11.6 Å². The number of nitrogen functional groups attached to an aromatic ring is 1. The van der Waals surface area contributed by atoms with E-state index in [1.54, 1.807) is 0 Å². The molecule has 0 aromatic heterocycles. The fourth-order valence-corrected chi connectivity index (χ4v) is 2.07. The summed E-state index contributed by atoms with van der Waals surface area (Å²) in [7, 11) is 0. The monoisotopic (exact) mass is 333 g/mol. The van der Waals surface area contributed by atoms with Gasteiger partial charge >= 0.3 is 0 Å². The van der Waals surface area contributed by atoms with Crippen molar-refractivity contribution >= 4 is 33.2 Å². The molecule has 18 heavy (non-hydrogen) atoms. The Morgan fingerprint density at radius 3 is 2.50 bits per heavy atom. The summed E-state index contributed by atoms with van der Waals surface area (Å²) in [5.74, 6) is -0.799. The van der Waals surface area contributed by atoms with Gasteiger partial charge in [0.05, 0.1) is 9.50 Å². The van der Waals surface area contributed by atoms with Crippen LogP contribution < -0.4 is 10.5 Å². The molecule has 0 amide bonds. The van der Waals surface area contributed by atoms with E-state index in [-0.39, 0.29) is 22.2 Å². The van der Waals surface area contributed by atoms with E-state index in [1.807, 2.05) is 0 Å². The smallest absolute Gasteiger partial charge is 0.145 e. The fraction of sp³-hybridized carbons (Fsp3) is 0. The molecule has 0 radical (unpaired) electrons. The summed E-state index contributed by atoms with van der Waals surface area (Å²) in [5, 5.41) is -0.0343. The third-order valence-electron chi connectivity index (χ3n) is 2.10. The molecule has 0 bridgehead atoms. The van der Waals surface area contributed by atoms with Crippen molar-refractivity contribution in [1.29, 1.82) is 0 Å². The van der Waals surface area contributed by atoms with E-state index in [2.05, 4.69) is 15.9 Å². The van der Waals surface area contributed by atoms with E-state index in [0.29, 0.717) is 4.47 Å². The maximum atomic E-state index is 13.3. The van der Waals surface area contributed by atoms with Crippen LogP contribution >= 0.6 is 27.5 Å². The van der Waals surface area contributed by atoms with E-state index in [1.165, 1.54) is 12.1 Å². The van der Waals surface area contributed by atoms with Gasteiger partial charge in [-0.15, -0.1) is 0 Å². The number of anilines is 1. The highest BCUT2D eigenvalue weighted by Gasteiger charge is 2.09. The zero-order valence-corrected chi connectivity index (χ0v) is 11.2. The molecule has 0 heterocycles. The van der Waals surface area contributed by atoms with Crippen molar-refractivity contribution in [2.24, 2.45) is 0 Å². The van der Waals surface area contributed by atoms with Gasteiger partial charge in [-0.1, -0.05) is 11.6 Å². The van der Waals surface area contributed by atoms with Crippen LogP contribution in [0.3, 0.4) is 0 Å². The number of ether oxygens (including phenoxy) is 1. The average Bonchev–Trinajstić information content (AvgIpc) is 2.24. The molecule has 0 saturated heterocycles. The number of halogens is 4. The lowest BCUT2D eigenvalue weighted by Crippen LogP contribution is -1.92. The van der Waals surface area contributed by atoms with Crippen LogP contribution in [0.25, 0.3) is 0 Å². The van der Waals surface area contributed by atoms with Gasteiger partial charge in [0, 0.05) is 23.9 Å². The number of hydrogen-bond acceptors (Lipinski definition) is 2. The summed E-state index contributed by atoms with van der Waals surface area (Å²) >= 11 is 8.77. The number of hydrogen-bond donors (Lipinski definition) is 1. The maximum absolute atomic E-state index is 13.3. The molecule has 0 aliphatic heterocycles. The minimum atomic E-state index is -0.626. The second kappa shape index (κ2) is 5.12. The zero-order chi connectivity index (χ0) is 13.3. The van der Waals surface area contributed by atoms with Crippen molar-refractivity contribution in [1.82, 2.24) is 0 Å². The highest BCUT2D eigenvalue weighted by Crippen LogP contribution is 2.34. The molecule has 2 aromatic rings. The summed E-state index contributed by atoms with van der Waals surface area (Å²) in [6.45, 7) is 0. The average molecular weight is 335 g/mol. The molecule has 0 fully saturated rings. The molecule has 0 saturated carbocycles. The second-order valence-corrected chi connectivity index (χ2v) is 4.78. The molecule has 2 aromatic carbocycles. The molecule has 6 heteroatoms. The first kappa shape index (κ1) is 13.1. The molecule has 2 rings (SSSR count). The van der Waals surface area contributed by atoms with E-state index in [0.717, 1.165) is 18.2 Å². The summed E-state index contributed by atoms with van der Waals surface area (Å²) in [4.78, 5) is 0. The third-order valence-corrected chi connectivity index (χ3v) is 3.01. The molecule has 2 nitrogen and oxygen atoms in total. The normalized spacial score (nSPS) is 10.4. The van der Waals surface area contributed by atoms with E-state index >= 15 is 0 Å². The van der Waals surface area contributed by atoms with Gasteiger partial charge in [-0.05, 0) is 28.1 Å². The predicted octanol–water partition coefficient (Wildman–Crippen LogP) is 4.76. The van der Waals surface area contributed by atoms with E-state index in [9.17, 15) is 8.78 Å². The molecule has 0 aliphatic rings. The predicted molar refractivity (Wildman–Crippen MR) is 70.0 cm³/mol. The van der Waals surface area contributed by atoms with Gasteiger partial charge in [0.1, 0.15) is 23.1 Å². The summed E-state index contributed by atoms with van der Waals surface area (Å²) in [6.07, 6.45) is 0. The Hall–Kier alpha value is -1.33.